The molecular formula is C10H8O5. The lowest BCUT2D eigenvalue weighted by atomic mass is 10.2. The lowest BCUT2D eigenvalue weighted by Crippen LogP contribution is -1.99. The van der Waals surface area contributed by atoms with E-state index in [2.05, 4.69) is 0 Å². The molecule has 0 fully saturated rings. The van der Waals surface area contributed by atoms with Gasteiger partial charge in [0.15, 0.2) is 16.8 Å². The number of hydrogen-bond acceptors (Lipinski definition) is 5. The molecule has 0 unspecified atom stereocenters. The zero-order valence-corrected chi connectivity index (χ0v) is 7.85. The first kappa shape index (κ1) is 9.39. The van der Waals surface area contributed by atoms with Gasteiger partial charge in [-0.2, -0.15) is 0 Å². The van der Waals surface area contributed by atoms with Crippen molar-refractivity contribution in [2.45, 2.75) is 0 Å². The first-order chi connectivity index (χ1) is 7.15. The lowest BCUT2D eigenvalue weighted by molar-refractivity contribution is 0.367. The van der Waals surface area contributed by atoms with Crippen LogP contribution in [0.15, 0.2) is 27.6 Å². The van der Waals surface area contributed by atoms with E-state index in [0.717, 1.165) is 6.07 Å². The Bertz CT molecular complexity index is 570. The predicted octanol–water partition coefficient (Wildman–Crippen LogP) is 1.21. The quantitative estimate of drug-likeness (QED) is 0.736. The number of rotatable bonds is 1. The molecular weight excluding hydrogens is 200 g/mol. The van der Waals surface area contributed by atoms with Crippen LogP contribution in [0.1, 0.15) is 0 Å². The lowest BCUT2D eigenvalue weighted by Gasteiger charge is -2.06. The Morgan fingerprint density at radius 2 is 2.07 bits per heavy atom. The Kier molecular flexibility index (Phi) is 2.00. The van der Waals surface area contributed by atoms with Crippen LogP contribution in [0.4, 0.5) is 0 Å². The first-order valence-electron chi connectivity index (χ1n) is 4.15. The summed E-state index contributed by atoms with van der Waals surface area (Å²) in [5.74, 6) is -0.588. The van der Waals surface area contributed by atoms with Crippen LogP contribution < -0.4 is 10.2 Å². The largest absolute Gasteiger partial charge is 0.507 e. The second-order valence-electron chi connectivity index (χ2n) is 2.94. The number of hydrogen-bond donors (Lipinski definition) is 2. The van der Waals surface area contributed by atoms with Crippen LogP contribution in [-0.2, 0) is 0 Å². The van der Waals surface area contributed by atoms with E-state index in [1.807, 2.05) is 0 Å². The van der Waals surface area contributed by atoms with E-state index < -0.39 is 5.43 Å². The topological polar surface area (TPSA) is 79.9 Å². The average molecular weight is 208 g/mol. The number of ether oxygens (including phenoxy) is 1. The van der Waals surface area contributed by atoms with Crippen molar-refractivity contribution in [2.75, 3.05) is 7.11 Å². The third-order valence-electron chi connectivity index (χ3n) is 2.05. The van der Waals surface area contributed by atoms with Crippen molar-refractivity contribution < 1.29 is 19.4 Å². The highest BCUT2D eigenvalue weighted by Crippen LogP contribution is 2.38. The highest BCUT2D eigenvalue weighted by molar-refractivity contribution is 5.90. The van der Waals surface area contributed by atoms with E-state index in [1.165, 1.54) is 19.4 Å². The Balaban J connectivity index is 3.03. The van der Waals surface area contributed by atoms with E-state index in [0.29, 0.717) is 0 Å². The minimum absolute atomic E-state index is 0.00727. The van der Waals surface area contributed by atoms with E-state index in [-0.39, 0.29) is 28.2 Å². The first-order valence-corrected chi connectivity index (χ1v) is 4.15. The zero-order chi connectivity index (χ0) is 11.0. The highest BCUT2D eigenvalue weighted by atomic mass is 16.5. The molecule has 15 heavy (non-hydrogen) atoms. The Morgan fingerprint density at radius 3 is 2.73 bits per heavy atom. The van der Waals surface area contributed by atoms with Crippen LogP contribution in [-0.4, -0.2) is 17.3 Å². The second-order valence-corrected chi connectivity index (χ2v) is 2.94. The summed E-state index contributed by atoms with van der Waals surface area (Å²) in [5, 5.41) is 18.9. The molecule has 0 spiro atoms. The molecule has 0 amide bonds. The number of benzene rings is 1. The molecule has 0 atom stereocenters. The molecule has 5 heteroatoms. The van der Waals surface area contributed by atoms with Crippen LogP contribution >= 0.6 is 0 Å². The fraction of sp³-hybridized carbons (Fsp3) is 0.100. The fourth-order valence-corrected chi connectivity index (χ4v) is 1.41. The van der Waals surface area contributed by atoms with Crippen LogP contribution in [0.2, 0.25) is 0 Å². The number of aromatic hydroxyl groups is 2. The molecule has 78 valence electrons. The predicted molar refractivity (Wildman–Crippen MR) is 52.4 cm³/mol. The second kappa shape index (κ2) is 3.20. The van der Waals surface area contributed by atoms with Crippen LogP contribution in [0.3, 0.4) is 0 Å². The van der Waals surface area contributed by atoms with Crippen molar-refractivity contribution in [2.24, 2.45) is 0 Å². The number of fused-ring (bicyclic) bond motifs is 1. The summed E-state index contributed by atoms with van der Waals surface area (Å²) < 4.78 is 9.91. The number of methoxy groups -OCH3 is 1. The summed E-state index contributed by atoms with van der Waals surface area (Å²) in [6.45, 7) is 0. The zero-order valence-electron chi connectivity index (χ0n) is 7.85. The van der Waals surface area contributed by atoms with Gasteiger partial charge in [0.05, 0.1) is 13.4 Å². The Morgan fingerprint density at radius 1 is 1.33 bits per heavy atom. The molecule has 2 N–H and O–H groups in total. The maximum Gasteiger partial charge on any atom is 0.204 e. The third kappa shape index (κ3) is 1.28. The third-order valence-corrected chi connectivity index (χ3v) is 2.05. The molecule has 0 aliphatic rings. The summed E-state index contributed by atoms with van der Waals surface area (Å²) >= 11 is 0. The summed E-state index contributed by atoms with van der Waals surface area (Å²) in [6, 6.07) is 2.22. The van der Waals surface area contributed by atoms with Crippen LogP contribution in [0.5, 0.6) is 17.2 Å². The Hall–Kier alpha value is -2.17. The van der Waals surface area contributed by atoms with Gasteiger partial charge in [0.1, 0.15) is 11.1 Å². The van der Waals surface area contributed by atoms with Gasteiger partial charge in [0, 0.05) is 12.1 Å². The van der Waals surface area contributed by atoms with Crippen molar-refractivity contribution in [3.63, 3.8) is 0 Å². The molecule has 5 nitrogen and oxygen atoms in total. The molecule has 2 aromatic rings. The van der Waals surface area contributed by atoms with Gasteiger partial charge in [-0.05, 0) is 0 Å². The monoisotopic (exact) mass is 208 g/mol. The van der Waals surface area contributed by atoms with Crippen LogP contribution in [0, 0.1) is 0 Å². The van der Waals surface area contributed by atoms with Crippen molar-refractivity contribution in [1.82, 2.24) is 0 Å². The summed E-state index contributed by atoms with van der Waals surface area (Å²) in [7, 11) is 1.33. The molecule has 0 aliphatic heterocycles. The van der Waals surface area contributed by atoms with Gasteiger partial charge in [-0.15, -0.1) is 0 Å². The van der Waals surface area contributed by atoms with Gasteiger partial charge in [0.25, 0.3) is 0 Å². The van der Waals surface area contributed by atoms with Gasteiger partial charge in [-0.1, -0.05) is 0 Å². The van der Waals surface area contributed by atoms with E-state index in [1.54, 1.807) is 0 Å². The number of phenols is 2. The standard InChI is InChI=1S/C10H8O5/c1-14-9-7(13)4-6(12)8-5(11)2-3-15-10(8)9/h2-4,12-13H,1H3. The normalized spacial score (nSPS) is 10.5. The molecule has 0 aliphatic carbocycles. The highest BCUT2D eigenvalue weighted by Gasteiger charge is 2.15. The molecule has 1 heterocycles. The molecule has 0 radical (unpaired) electrons. The number of phenolic OH excluding ortho intramolecular Hbond substituents is 2. The van der Waals surface area contributed by atoms with E-state index in [4.69, 9.17) is 9.15 Å². The van der Waals surface area contributed by atoms with Gasteiger partial charge in [-0.25, -0.2) is 0 Å². The van der Waals surface area contributed by atoms with Crippen molar-refractivity contribution in [3.05, 3.63) is 28.6 Å². The minimum Gasteiger partial charge on any atom is -0.507 e. The van der Waals surface area contributed by atoms with Gasteiger partial charge >= 0.3 is 0 Å². The van der Waals surface area contributed by atoms with Gasteiger partial charge in [-0.3, -0.25) is 4.79 Å². The molecule has 1 aromatic carbocycles. The maximum atomic E-state index is 11.4. The van der Waals surface area contributed by atoms with E-state index >= 15 is 0 Å². The van der Waals surface area contributed by atoms with Crippen molar-refractivity contribution in [1.29, 1.82) is 0 Å². The minimum atomic E-state index is -0.396. The molecule has 0 bridgehead atoms. The smallest absolute Gasteiger partial charge is 0.204 e. The Labute approximate surface area is 84.1 Å². The molecule has 0 saturated carbocycles. The molecule has 2 rings (SSSR count). The van der Waals surface area contributed by atoms with Crippen molar-refractivity contribution in [3.8, 4) is 17.2 Å². The summed E-state index contributed by atoms with van der Waals surface area (Å²) in [5.41, 5.74) is -0.366. The van der Waals surface area contributed by atoms with Gasteiger partial charge < -0.3 is 19.4 Å². The summed E-state index contributed by atoms with van der Waals surface area (Å²) in [6.07, 6.45) is 1.17. The molecule has 1 aromatic heterocycles. The molecule has 0 saturated heterocycles. The van der Waals surface area contributed by atoms with Gasteiger partial charge in [0.2, 0.25) is 5.75 Å². The SMILES string of the molecule is COc1c(O)cc(O)c2c(=O)ccoc12. The average Bonchev–Trinajstić information content (AvgIpc) is 2.17. The maximum absolute atomic E-state index is 11.4. The van der Waals surface area contributed by atoms with Crippen molar-refractivity contribution >= 4 is 11.0 Å². The fourth-order valence-electron chi connectivity index (χ4n) is 1.41. The summed E-state index contributed by atoms with van der Waals surface area (Å²) in [4.78, 5) is 11.4. The van der Waals surface area contributed by atoms with E-state index in [9.17, 15) is 15.0 Å². The van der Waals surface area contributed by atoms with Crippen LogP contribution in [0.25, 0.3) is 11.0 Å².